The summed E-state index contributed by atoms with van der Waals surface area (Å²) in [5.74, 6) is 0.932. The van der Waals surface area contributed by atoms with Gasteiger partial charge in [0.25, 0.3) is 0 Å². The van der Waals surface area contributed by atoms with Crippen molar-refractivity contribution in [3.8, 4) is 0 Å². The van der Waals surface area contributed by atoms with Crippen LogP contribution in [0.25, 0.3) is 0 Å². The lowest BCUT2D eigenvalue weighted by Gasteiger charge is -2.57. The van der Waals surface area contributed by atoms with Crippen molar-refractivity contribution >= 4 is 5.97 Å². The molecule has 2 fully saturated rings. The average Bonchev–Trinajstić information content (AvgIpc) is 2.36. The van der Waals surface area contributed by atoms with E-state index in [2.05, 4.69) is 27.4 Å². The summed E-state index contributed by atoms with van der Waals surface area (Å²) in [6.45, 7) is 13.2. The number of fused-ring (bicyclic) bond motifs is 1. The van der Waals surface area contributed by atoms with E-state index in [0.717, 1.165) is 25.7 Å². The minimum Gasteiger partial charge on any atom is -0.481 e. The lowest BCUT2D eigenvalue weighted by molar-refractivity contribution is -0.164. The van der Waals surface area contributed by atoms with E-state index in [1.54, 1.807) is 0 Å². The zero-order valence-electron chi connectivity index (χ0n) is 14.2. The second-order valence-electron chi connectivity index (χ2n) is 8.36. The second-order valence-corrected chi connectivity index (χ2v) is 8.36. The normalized spacial score (nSPS) is 40.1. The molecule has 0 aromatic carbocycles. The van der Waals surface area contributed by atoms with Gasteiger partial charge in [-0.3, -0.25) is 4.79 Å². The summed E-state index contributed by atoms with van der Waals surface area (Å²) in [4.78, 5) is 11.9. The van der Waals surface area contributed by atoms with Crippen LogP contribution in [0.4, 0.5) is 0 Å². The Labute approximate surface area is 130 Å². The van der Waals surface area contributed by atoms with Gasteiger partial charge in [-0.25, -0.2) is 0 Å². The van der Waals surface area contributed by atoms with Crippen LogP contribution in [0.15, 0.2) is 12.2 Å². The van der Waals surface area contributed by atoms with E-state index >= 15 is 0 Å². The van der Waals surface area contributed by atoms with Crippen molar-refractivity contribution in [3.63, 3.8) is 0 Å². The van der Waals surface area contributed by atoms with Crippen molar-refractivity contribution in [3.05, 3.63) is 12.2 Å². The van der Waals surface area contributed by atoms with Crippen LogP contribution in [0.1, 0.15) is 72.6 Å². The summed E-state index contributed by atoms with van der Waals surface area (Å²) in [5.41, 5.74) is 0.975. The van der Waals surface area contributed by atoms with Crippen LogP contribution in [0, 0.1) is 28.6 Å². The largest absolute Gasteiger partial charge is 0.481 e. The van der Waals surface area contributed by atoms with Gasteiger partial charge in [-0.2, -0.15) is 0 Å². The minimum absolute atomic E-state index is 0.135. The van der Waals surface area contributed by atoms with Gasteiger partial charge in [-0.15, -0.1) is 0 Å². The van der Waals surface area contributed by atoms with E-state index in [4.69, 9.17) is 0 Å². The van der Waals surface area contributed by atoms with Gasteiger partial charge in [0.05, 0.1) is 5.41 Å². The molecule has 1 N–H and O–H groups in total. The van der Waals surface area contributed by atoms with Crippen molar-refractivity contribution < 1.29 is 9.90 Å². The Kier molecular flexibility index (Phi) is 4.56. The van der Waals surface area contributed by atoms with Crippen LogP contribution < -0.4 is 0 Å². The highest BCUT2D eigenvalue weighted by Crippen LogP contribution is 2.62. The molecule has 4 atom stereocenters. The number of carbonyl (C=O) groups is 1. The Balaban J connectivity index is 2.31. The Morgan fingerprint density at radius 2 is 2.05 bits per heavy atom. The summed E-state index contributed by atoms with van der Waals surface area (Å²) in [6.07, 6.45) is 7.48. The van der Waals surface area contributed by atoms with Gasteiger partial charge in [0.2, 0.25) is 0 Å². The highest BCUT2D eigenvalue weighted by molar-refractivity contribution is 5.75. The van der Waals surface area contributed by atoms with Gasteiger partial charge < -0.3 is 5.11 Å². The third-order valence-corrected chi connectivity index (χ3v) is 6.54. The molecule has 0 amide bonds. The monoisotopic (exact) mass is 292 g/mol. The summed E-state index contributed by atoms with van der Waals surface area (Å²) in [7, 11) is 0. The zero-order valence-corrected chi connectivity index (χ0v) is 14.2. The maximum absolute atomic E-state index is 11.9. The second kappa shape index (κ2) is 5.78. The molecular formula is C19H32O2. The Morgan fingerprint density at radius 1 is 1.38 bits per heavy atom. The third-order valence-electron chi connectivity index (χ3n) is 6.54. The number of allylic oxidation sites excluding steroid dienone is 1. The summed E-state index contributed by atoms with van der Waals surface area (Å²) in [6, 6.07) is 0. The molecule has 2 rings (SSSR count). The first kappa shape index (κ1) is 16.6. The van der Waals surface area contributed by atoms with E-state index in [0.29, 0.717) is 17.8 Å². The Morgan fingerprint density at radius 3 is 2.62 bits per heavy atom. The number of rotatable bonds is 4. The molecule has 2 aliphatic carbocycles. The summed E-state index contributed by atoms with van der Waals surface area (Å²) in [5, 5.41) is 9.80. The minimum atomic E-state index is -0.589. The van der Waals surface area contributed by atoms with E-state index < -0.39 is 11.4 Å². The van der Waals surface area contributed by atoms with E-state index in [-0.39, 0.29) is 5.41 Å². The number of hydrogen-bond acceptors (Lipinski definition) is 1. The molecule has 0 unspecified atom stereocenters. The zero-order chi connectivity index (χ0) is 15.8. The van der Waals surface area contributed by atoms with E-state index in [1.165, 1.54) is 24.8 Å². The van der Waals surface area contributed by atoms with Gasteiger partial charge >= 0.3 is 5.97 Å². The number of carboxylic acid groups (broad SMARTS) is 1. The maximum Gasteiger partial charge on any atom is 0.309 e. The third kappa shape index (κ3) is 2.78. The first-order valence-corrected chi connectivity index (χ1v) is 8.63. The molecule has 0 saturated heterocycles. The van der Waals surface area contributed by atoms with E-state index in [1.807, 2.05) is 6.92 Å². The lowest BCUT2D eigenvalue weighted by atomic mass is 9.46. The van der Waals surface area contributed by atoms with Crippen LogP contribution in [0.3, 0.4) is 0 Å². The van der Waals surface area contributed by atoms with Crippen LogP contribution in [-0.2, 0) is 4.79 Å². The van der Waals surface area contributed by atoms with Gasteiger partial charge in [-0.05, 0) is 62.2 Å². The Hall–Kier alpha value is -0.790. The molecule has 21 heavy (non-hydrogen) atoms. The van der Waals surface area contributed by atoms with Gasteiger partial charge in [0.1, 0.15) is 0 Å². The van der Waals surface area contributed by atoms with Crippen molar-refractivity contribution in [2.75, 3.05) is 0 Å². The molecule has 120 valence electrons. The van der Waals surface area contributed by atoms with Crippen molar-refractivity contribution in [2.45, 2.75) is 72.6 Å². The topological polar surface area (TPSA) is 37.3 Å². The SMILES string of the molecule is C=C1CC[C@@H]2[C@](C)(CCC[C@@]2(C)C(=O)O)[C@H]1CCC(C)C. The standard InChI is InChI=1S/C19H32O2/c1-13(2)7-9-15-14(3)8-10-16-18(15,4)11-6-12-19(16,5)17(20)21/h13,15-16H,3,6-12H2,1-2,4-5H3,(H,20,21)/t15-,16+,18+,19+/m0/s1. The van der Waals surface area contributed by atoms with Crippen LogP contribution in [0.5, 0.6) is 0 Å². The van der Waals surface area contributed by atoms with Crippen molar-refractivity contribution in [2.24, 2.45) is 28.6 Å². The number of aliphatic carboxylic acids is 1. The molecule has 2 heteroatoms. The number of hydrogen-bond donors (Lipinski definition) is 1. The molecule has 0 aliphatic heterocycles. The average molecular weight is 292 g/mol. The van der Waals surface area contributed by atoms with Crippen molar-refractivity contribution in [1.82, 2.24) is 0 Å². The summed E-state index contributed by atoms with van der Waals surface area (Å²) >= 11 is 0. The first-order chi connectivity index (χ1) is 9.71. The van der Waals surface area contributed by atoms with Crippen LogP contribution in [-0.4, -0.2) is 11.1 Å². The quantitative estimate of drug-likeness (QED) is 0.715. The first-order valence-electron chi connectivity index (χ1n) is 8.63. The summed E-state index contributed by atoms with van der Waals surface area (Å²) < 4.78 is 0. The molecule has 0 aromatic heterocycles. The molecule has 2 nitrogen and oxygen atoms in total. The molecule has 0 aromatic rings. The number of carboxylic acids is 1. The molecule has 0 spiro atoms. The van der Waals surface area contributed by atoms with Crippen LogP contribution >= 0.6 is 0 Å². The predicted molar refractivity (Wildman–Crippen MR) is 87.1 cm³/mol. The molecular weight excluding hydrogens is 260 g/mol. The molecule has 0 radical (unpaired) electrons. The Bertz CT molecular complexity index is 425. The molecule has 2 saturated carbocycles. The molecule has 0 bridgehead atoms. The highest BCUT2D eigenvalue weighted by atomic mass is 16.4. The van der Waals surface area contributed by atoms with Gasteiger partial charge in [0.15, 0.2) is 0 Å². The van der Waals surface area contributed by atoms with Crippen LogP contribution in [0.2, 0.25) is 0 Å². The highest BCUT2D eigenvalue weighted by Gasteiger charge is 2.57. The fourth-order valence-electron chi connectivity index (χ4n) is 5.24. The predicted octanol–water partition coefficient (Wildman–Crippen LogP) is 5.29. The smallest absolute Gasteiger partial charge is 0.309 e. The fourth-order valence-corrected chi connectivity index (χ4v) is 5.24. The van der Waals surface area contributed by atoms with E-state index in [9.17, 15) is 9.90 Å². The van der Waals surface area contributed by atoms with Crippen molar-refractivity contribution in [1.29, 1.82) is 0 Å². The lowest BCUT2D eigenvalue weighted by Crippen LogP contribution is -2.53. The molecule has 0 heterocycles. The van der Waals surface area contributed by atoms with Gasteiger partial charge in [0, 0.05) is 0 Å². The molecule has 2 aliphatic rings. The van der Waals surface area contributed by atoms with Gasteiger partial charge in [-0.1, -0.05) is 45.8 Å². The maximum atomic E-state index is 11.9. The fraction of sp³-hybridized carbons (Fsp3) is 0.842.